The van der Waals surface area contributed by atoms with Crippen LogP contribution in [0.5, 0.6) is 0 Å². The van der Waals surface area contributed by atoms with Gasteiger partial charge in [-0.05, 0) is 89.1 Å². The van der Waals surface area contributed by atoms with Gasteiger partial charge in [0.25, 0.3) is 0 Å². The summed E-state index contributed by atoms with van der Waals surface area (Å²) >= 11 is 0. The van der Waals surface area contributed by atoms with Gasteiger partial charge in [-0.2, -0.15) is 0 Å². The lowest BCUT2D eigenvalue weighted by Crippen LogP contribution is -2.53. The Kier molecular flexibility index (Phi) is 7.19. The zero-order valence-corrected chi connectivity index (χ0v) is 20.2. The number of piperidine rings is 2. The second kappa shape index (κ2) is 9.78. The summed E-state index contributed by atoms with van der Waals surface area (Å²) in [7, 11) is 0. The number of nitrogens with one attached hydrogen (secondary N) is 2. The number of aliphatic hydroxyl groups excluding tert-OH is 2. The summed E-state index contributed by atoms with van der Waals surface area (Å²) in [6.07, 6.45) is 3.03. The molecule has 1 aromatic carbocycles. The number of benzene rings is 1. The van der Waals surface area contributed by atoms with Crippen molar-refractivity contribution < 1.29 is 19.7 Å². The number of amides is 1. The van der Waals surface area contributed by atoms with Gasteiger partial charge in [0, 0.05) is 25.3 Å². The third-order valence-electron chi connectivity index (χ3n) is 7.19. The van der Waals surface area contributed by atoms with Crippen LogP contribution >= 0.6 is 0 Å². The summed E-state index contributed by atoms with van der Waals surface area (Å²) in [6, 6.07) is 8.26. The Labute approximate surface area is 197 Å². The van der Waals surface area contributed by atoms with E-state index in [2.05, 4.69) is 33.7 Å². The molecule has 3 heterocycles. The van der Waals surface area contributed by atoms with Gasteiger partial charge in [-0.25, -0.2) is 4.79 Å². The van der Waals surface area contributed by atoms with Crippen LogP contribution in [-0.4, -0.2) is 76.4 Å². The molecular weight excluding hydrogens is 420 g/mol. The number of carbonyl (C=O) groups is 1. The molecule has 4 N–H and O–H groups in total. The molecule has 0 aromatic heterocycles. The highest BCUT2D eigenvalue weighted by Crippen LogP contribution is 2.41. The highest BCUT2D eigenvalue weighted by atomic mass is 16.6. The summed E-state index contributed by atoms with van der Waals surface area (Å²) in [5, 5.41) is 26.0. The molecule has 3 aliphatic heterocycles. The smallest absolute Gasteiger partial charge is 0.410 e. The van der Waals surface area contributed by atoms with Crippen molar-refractivity contribution in [2.24, 2.45) is 5.41 Å². The zero-order chi connectivity index (χ0) is 23.6. The maximum atomic E-state index is 12.5. The lowest BCUT2D eigenvalue weighted by Gasteiger charge is -2.39. The Morgan fingerprint density at radius 2 is 1.91 bits per heavy atom. The van der Waals surface area contributed by atoms with Crippen LogP contribution in [0.4, 0.5) is 10.5 Å². The number of aliphatic hydroxyl groups is 2. The van der Waals surface area contributed by atoms with E-state index in [4.69, 9.17) is 4.74 Å². The maximum Gasteiger partial charge on any atom is 0.410 e. The van der Waals surface area contributed by atoms with Crippen molar-refractivity contribution in [3.05, 3.63) is 29.8 Å². The number of nitrogens with zero attached hydrogens (tertiary/aromatic N) is 2. The van der Waals surface area contributed by atoms with E-state index in [-0.39, 0.29) is 17.6 Å². The zero-order valence-electron chi connectivity index (χ0n) is 20.2. The Balaban J connectivity index is 1.27. The molecule has 1 aromatic rings. The normalized spacial score (nSPS) is 28.2. The number of hydrogen-bond donors (Lipinski definition) is 4. The van der Waals surface area contributed by atoms with Crippen LogP contribution in [0.25, 0.3) is 0 Å². The molecule has 1 spiro atoms. The standard InChI is InChI=1S/C25H40N4O4/c1-24(2,3)33-23(32)29-14-11-25(17-29)9-12-28(13-10-25)16-18-5-4-6-19(15-18)26-20-7-8-21(30)27-22(20)31/h4-6,15,20-22,26-27,30-31H,7-14,16-17H2,1-3H3. The Bertz CT molecular complexity index is 819. The van der Waals surface area contributed by atoms with Gasteiger partial charge in [0.05, 0.1) is 6.04 Å². The largest absolute Gasteiger partial charge is 0.444 e. The lowest BCUT2D eigenvalue weighted by atomic mass is 9.77. The van der Waals surface area contributed by atoms with Crippen LogP contribution in [0.15, 0.2) is 24.3 Å². The van der Waals surface area contributed by atoms with Crippen molar-refractivity contribution in [2.75, 3.05) is 31.5 Å². The Morgan fingerprint density at radius 1 is 1.18 bits per heavy atom. The topological polar surface area (TPSA) is 97.3 Å². The van der Waals surface area contributed by atoms with E-state index < -0.39 is 18.1 Å². The summed E-state index contributed by atoms with van der Waals surface area (Å²) in [5.74, 6) is 0. The fourth-order valence-electron chi connectivity index (χ4n) is 5.29. The van der Waals surface area contributed by atoms with E-state index in [1.54, 1.807) is 0 Å². The van der Waals surface area contributed by atoms with Crippen molar-refractivity contribution in [3.63, 3.8) is 0 Å². The van der Waals surface area contributed by atoms with Gasteiger partial charge in [0.15, 0.2) is 0 Å². The second-order valence-corrected chi connectivity index (χ2v) is 11.1. The number of rotatable bonds is 4. The summed E-state index contributed by atoms with van der Waals surface area (Å²) < 4.78 is 5.57. The molecule has 1 amide bonds. The van der Waals surface area contributed by atoms with E-state index in [1.165, 1.54) is 5.56 Å². The molecule has 0 bridgehead atoms. The Morgan fingerprint density at radius 3 is 2.61 bits per heavy atom. The monoisotopic (exact) mass is 460 g/mol. The fourth-order valence-corrected chi connectivity index (χ4v) is 5.29. The van der Waals surface area contributed by atoms with Gasteiger partial charge in [-0.3, -0.25) is 10.2 Å². The molecule has 33 heavy (non-hydrogen) atoms. The van der Waals surface area contributed by atoms with E-state index in [0.29, 0.717) is 12.8 Å². The van der Waals surface area contributed by atoms with Crippen molar-refractivity contribution in [1.29, 1.82) is 0 Å². The molecule has 3 aliphatic rings. The molecule has 0 saturated carbocycles. The van der Waals surface area contributed by atoms with Crippen molar-refractivity contribution in [1.82, 2.24) is 15.1 Å². The lowest BCUT2D eigenvalue weighted by molar-refractivity contribution is -0.00340. The number of ether oxygens (including phenoxy) is 1. The van der Waals surface area contributed by atoms with Crippen molar-refractivity contribution in [3.8, 4) is 0 Å². The minimum Gasteiger partial charge on any atom is -0.444 e. The first-order chi connectivity index (χ1) is 15.6. The maximum absolute atomic E-state index is 12.5. The Hall–Kier alpha value is -1.87. The molecule has 184 valence electrons. The molecule has 3 unspecified atom stereocenters. The van der Waals surface area contributed by atoms with Crippen LogP contribution < -0.4 is 10.6 Å². The SMILES string of the molecule is CC(C)(C)OC(=O)N1CCC2(CCN(Cc3cccc(NC4CCC(O)NC4O)c3)CC2)C1. The predicted octanol–water partition coefficient (Wildman–Crippen LogP) is 2.71. The predicted molar refractivity (Wildman–Crippen MR) is 128 cm³/mol. The molecule has 8 nitrogen and oxygen atoms in total. The molecule has 3 fully saturated rings. The van der Waals surface area contributed by atoms with Gasteiger partial charge in [0.1, 0.15) is 18.1 Å². The van der Waals surface area contributed by atoms with E-state index in [1.807, 2.05) is 31.7 Å². The third-order valence-corrected chi connectivity index (χ3v) is 7.19. The van der Waals surface area contributed by atoms with Crippen LogP contribution in [0.2, 0.25) is 0 Å². The second-order valence-electron chi connectivity index (χ2n) is 11.1. The first-order valence-corrected chi connectivity index (χ1v) is 12.3. The third kappa shape index (κ3) is 6.38. The molecule has 3 atom stereocenters. The van der Waals surface area contributed by atoms with Crippen LogP contribution in [0.3, 0.4) is 0 Å². The van der Waals surface area contributed by atoms with E-state index in [0.717, 1.165) is 57.7 Å². The van der Waals surface area contributed by atoms with Gasteiger partial charge >= 0.3 is 6.09 Å². The van der Waals surface area contributed by atoms with Crippen molar-refractivity contribution >= 4 is 11.8 Å². The highest BCUT2D eigenvalue weighted by molar-refractivity contribution is 5.68. The van der Waals surface area contributed by atoms with E-state index >= 15 is 0 Å². The van der Waals surface area contributed by atoms with Gasteiger partial charge < -0.3 is 25.2 Å². The quantitative estimate of drug-likeness (QED) is 0.549. The summed E-state index contributed by atoms with van der Waals surface area (Å²) in [4.78, 5) is 16.8. The number of carbonyl (C=O) groups excluding carboxylic acids is 1. The first kappa shape index (κ1) is 24.3. The first-order valence-electron chi connectivity index (χ1n) is 12.3. The molecule has 0 radical (unpaired) electrons. The van der Waals surface area contributed by atoms with E-state index in [9.17, 15) is 15.0 Å². The molecule has 8 heteroatoms. The van der Waals surface area contributed by atoms with Crippen LogP contribution in [-0.2, 0) is 11.3 Å². The van der Waals surface area contributed by atoms with Crippen LogP contribution in [0.1, 0.15) is 58.4 Å². The summed E-state index contributed by atoms with van der Waals surface area (Å²) in [6.45, 7) is 10.3. The van der Waals surface area contributed by atoms with Gasteiger partial charge in [-0.15, -0.1) is 0 Å². The number of likely N-dealkylation sites (tertiary alicyclic amines) is 2. The van der Waals surface area contributed by atoms with Gasteiger partial charge in [0.2, 0.25) is 0 Å². The highest BCUT2D eigenvalue weighted by Gasteiger charge is 2.43. The summed E-state index contributed by atoms with van der Waals surface area (Å²) in [5.41, 5.74) is 2.01. The number of anilines is 1. The minimum absolute atomic E-state index is 0.117. The number of hydrogen-bond acceptors (Lipinski definition) is 7. The molecule has 4 rings (SSSR count). The fraction of sp³-hybridized carbons (Fsp3) is 0.720. The van der Waals surface area contributed by atoms with Gasteiger partial charge in [-0.1, -0.05) is 12.1 Å². The van der Waals surface area contributed by atoms with Crippen molar-refractivity contribution in [2.45, 2.75) is 83.5 Å². The molecule has 0 aliphatic carbocycles. The average Bonchev–Trinajstić information content (AvgIpc) is 3.15. The minimum atomic E-state index is -0.762. The van der Waals surface area contributed by atoms with Crippen LogP contribution in [0, 0.1) is 5.41 Å². The average molecular weight is 461 g/mol. The molecular formula is C25H40N4O4. The molecule has 3 saturated heterocycles.